The van der Waals surface area contributed by atoms with Crippen molar-refractivity contribution in [1.82, 2.24) is 4.98 Å². The van der Waals surface area contributed by atoms with Crippen LogP contribution in [0.5, 0.6) is 0 Å². The van der Waals surface area contributed by atoms with Crippen LogP contribution in [-0.2, 0) is 24.7 Å². The quantitative estimate of drug-likeness (QED) is 0.0918. The lowest BCUT2D eigenvalue weighted by Crippen LogP contribution is -2.38. The molecule has 212 valence electrons. The number of hydrogen-bond donors (Lipinski definition) is 2. The predicted molar refractivity (Wildman–Crippen MR) is 160 cm³/mol. The predicted octanol–water partition coefficient (Wildman–Crippen LogP) is 6.47. The van der Waals surface area contributed by atoms with Gasteiger partial charge in [-0.1, -0.05) is 96.2 Å². The van der Waals surface area contributed by atoms with Crippen LogP contribution >= 0.6 is 11.3 Å². The molecule has 1 unspecified atom stereocenters. The first-order valence-electron chi connectivity index (χ1n) is 13.2. The number of nitrogens with one attached hydrogen (secondary N) is 1. The number of aliphatic carboxylic acids is 1. The first-order chi connectivity index (χ1) is 19.6. The third-order valence-corrected chi connectivity index (χ3v) is 6.82. The topological polar surface area (TPSA) is 110 Å². The molecule has 0 bridgehead atoms. The summed E-state index contributed by atoms with van der Waals surface area (Å²) in [6.45, 7) is 6.93. The van der Waals surface area contributed by atoms with Gasteiger partial charge in [-0.2, -0.15) is 0 Å². The van der Waals surface area contributed by atoms with E-state index in [0.717, 1.165) is 16.7 Å². The molecule has 8 nitrogen and oxygen atoms in total. The summed E-state index contributed by atoms with van der Waals surface area (Å²) in [5, 5.41) is 19.5. The van der Waals surface area contributed by atoms with Crippen molar-refractivity contribution in [2.45, 2.75) is 51.4 Å². The summed E-state index contributed by atoms with van der Waals surface area (Å²) in [5.74, 6) is -1.76. The molecule has 3 aromatic carbocycles. The van der Waals surface area contributed by atoms with E-state index in [1.165, 1.54) is 11.3 Å². The summed E-state index contributed by atoms with van der Waals surface area (Å²) in [4.78, 5) is 34.2. The van der Waals surface area contributed by atoms with Crippen molar-refractivity contribution in [2.75, 3.05) is 5.32 Å². The van der Waals surface area contributed by atoms with Gasteiger partial charge in [0.25, 0.3) is 0 Å². The number of benzene rings is 3. The molecule has 0 fully saturated rings. The van der Waals surface area contributed by atoms with E-state index in [1.807, 2.05) is 91.0 Å². The van der Waals surface area contributed by atoms with Gasteiger partial charge in [0.05, 0.1) is 6.42 Å². The van der Waals surface area contributed by atoms with Gasteiger partial charge in [-0.05, 0) is 44.4 Å². The number of carboxylic acid groups (broad SMARTS) is 1. The van der Waals surface area contributed by atoms with E-state index in [4.69, 9.17) is 9.57 Å². The van der Waals surface area contributed by atoms with E-state index in [9.17, 15) is 14.7 Å². The first kappa shape index (κ1) is 29.5. The zero-order chi connectivity index (χ0) is 29.5. The van der Waals surface area contributed by atoms with Crippen LogP contribution < -0.4 is 5.32 Å². The van der Waals surface area contributed by atoms with Crippen molar-refractivity contribution in [3.05, 3.63) is 119 Å². The number of oxime groups is 1. The lowest BCUT2D eigenvalue weighted by Gasteiger charge is -2.36. The van der Waals surface area contributed by atoms with Crippen LogP contribution in [0.1, 0.15) is 56.5 Å². The minimum Gasteiger partial charge on any atom is -0.476 e. The molecule has 4 aromatic rings. The van der Waals surface area contributed by atoms with Crippen molar-refractivity contribution in [3.8, 4) is 0 Å². The van der Waals surface area contributed by atoms with Gasteiger partial charge < -0.3 is 20.0 Å². The highest BCUT2D eigenvalue weighted by Crippen LogP contribution is 2.40. The van der Waals surface area contributed by atoms with Crippen LogP contribution in [-0.4, -0.2) is 39.4 Å². The Kier molecular flexibility index (Phi) is 9.19. The molecule has 0 amide bonds. The lowest BCUT2D eigenvalue weighted by atomic mass is 9.77. The molecule has 0 saturated carbocycles. The fourth-order valence-corrected chi connectivity index (χ4v) is 5.13. The Morgan fingerprint density at radius 2 is 1.39 bits per heavy atom. The number of thiazole rings is 1. The van der Waals surface area contributed by atoms with Gasteiger partial charge in [-0.25, -0.2) is 9.78 Å². The highest BCUT2D eigenvalue weighted by atomic mass is 32.1. The summed E-state index contributed by atoms with van der Waals surface area (Å²) in [6.07, 6.45) is -0.775. The Morgan fingerprint density at radius 3 is 1.83 bits per heavy atom. The van der Waals surface area contributed by atoms with E-state index in [1.54, 1.807) is 33.1 Å². The number of nitrogens with zero attached hydrogens (tertiary/aromatic N) is 2. The van der Waals surface area contributed by atoms with Crippen molar-refractivity contribution >= 4 is 34.1 Å². The minimum absolute atomic E-state index is 0.0781. The van der Waals surface area contributed by atoms with Gasteiger partial charge in [-0.3, -0.25) is 4.79 Å². The van der Waals surface area contributed by atoms with E-state index in [0.29, 0.717) is 5.13 Å². The number of rotatable bonds is 11. The molecule has 41 heavy (non-hydrogen) atoms. The van der Waals surface area contributed by atoms with Crippen molar-refractivity contribution in [3.63, 3.8) is 0 Å². The molecule has 0 aliphatic rings. The molecule has 9 heteroatoms. The molecular weight excluding hydrogens is 538 g/mol. The van der Waals surface area contributed by atoms with Crippen molar-refractivity contribution < 1.29 is 24.3 Å². The maximum absolute atomic E-state index is 12.1. The third-order valence-electron chi connectivity index (χ3n) is 6.06. The number of hydrogen-bond acceptors (Lipinski definition) is 8. The smallest absolute Gasteiger partial charge is 0.360 e. The number of aromatic nitrogens is 1. The normalized spacial score (nSPS) is 12.8. The molecule has 2 N–H and O–H groups in total. The van der Waals surface area contributed by atoms with Gasteiger partial charge in [0.1, 0.15) is 22.9 Å². The lowest BCUT2D eigenvalue weighted by molar-refractivity contribution is -0.157. The molecule has 0 aliphatic carbocycles. The van der Waals surface area contributed by atoms with E-state index in [2.05, 4.69) is 15.5 Å². The molecule has 1 aromatic heterocycles. The number of anilines is 1. The van der Waals surface area contributed by atoms with Crippen LogP contribution in [0.25, 0.3) is 0 Å². The van der Waals surface area contributed by atoms with E-state index in [-0.39, 0.29) is 17.8 Å². The maximum atomic E-state index is 12.1. The number of carbonyl (C=O) groups is 2. The molecule has 0 radical (unpaired) electrons. The molecule has 0 saturated heterocycles. The standard InChI is InChI=1S/C32H33N3O5S/c1-22(20-27(36)39-31(2,3)4)40-35-28(29(37)38)26-21-41-30(33-26)34-32(23-14-8-5-9-15-23,24-16-10-6-11-17-24)25-18-12-7-13-19-25/h5-19,21-22H,20H2,1-4H3,(H,33,34)(H,37,38). The number of esters is 1. The van der Waals surface area contributed by atoms with Gasteiger partial charge in [0.15, 0.2) is 5.13 Å². The fraction of sp³-hybridized carbons (Fsp3) is 0.250. The summed E-state index contributed by atoms with van der Waals surface area (Å²) in [6, 6.07) is 30.1. The number of carboxylic acids is 1. The average molecular weight is 572 g/mol. The summed E-state index contributed by atoms with van der Waals surface area (Å²) in [5.41, 5.74) is 1.28. The Balaban J connectivity index is 1.67. The van der Waals surface area contributed by atoms with E-state index < -0.39 is 29.2 Å². The molecule has 1 atom stereocenters. The van der Waals surface area contributed by atoms with Gasteiger partial charge in [0, 0.05) is 5.38 Å². The molecular formula is C32H33N3O5S. The number of carbonyl (C=O) groups excluding carboxylic acids is 1. The molecule has 0 spiro atoms. The van der Waals surface area contributed by atoms with Crippen LogP contribution in [0.2, 0.25) is 0 Å². The third kappa shape index (κ3) is 7.37. The van der Waals surface area contributed by atoms with Crippen LogP contribution in [0.4, 0.5) is 5.13 Å². The van der Waals surface area contributed by atoms with Crippen molar-refractivity contribution in [1.29, 1.82) is 0 Å². The van der Waals surface area contributed by atoms with Gasteiger partial charge in [-0.15, -0.1) is 11.3 Å². The summed E-state index contributed by atoms with van der Waals surface area (Å²) < 4.78 is 5.30. The Bertz CT molecular complexity index is 1390. The highest BCUT2D eigenvalue weighted by Gasteiger charge is 2.37. The molecule has 4 rings (SSSR count). The van der Waals surface area contributed by atoms with E-state index >= 15 is 0 Å². The monoisotopic (exact) mass is 571 g/mol. The zero-order valence-electron chi connectivity index (χ0n) is 23.4. The maximum Gasteiger partial charge on any atom is 0.360 e. The summed E-state index contributed by atoms with van der Waals surface area (Å²) in [7, 11) is 0. The SMILES string of the molecule is CC(CC(=O)OC(C)(C)C)ON=C(C(=O)O)c1csc(NC(c2ccccc2)(c2ccccc2)c2ccccc2)n1. The molecule has 0 aliphatic heterocycles. The highest BCUT2D eigenvalue weighted by molar-refractivity contribution is 7.14. The zero-order valence-corrected chi connectivity index (χ0v) is 24.2. The average Bonchev–Trinajstić information content (AvgIpc) is 3.40. The molecule has 1 heterocycles. The second kappa shape index (κ2) is 12.8. The number of ether oxygens (including phenoxy) is 1. The fourth-order valence-electron chi connectivity index (χ4n) is 4.37. The van der Waals surface area contributed by atoms with Gasteiger partial charge in [0.2, 0.25) is 5.71 Å². The minimum atomic E-state index is -1.30. The Hall–Kier alpha value is -4.50. The Morgan fingerprint density at radius 1 is 0.902 bits per heavy atom. The largest absolute Gasteiger partial charge is 0.476 e. The second-order valence-corrected chi connectivity index (χ2v) is 11.3. The van der Waals surface area contributed by atoms with Crippen LogP contribution in [0.15, 0.2) is 102 Å². The summed E-state index contributed by atoms with van der Waals surface area (Å²) >= 11 is 1.26. The van der Waals surface area contributed by atoms with Crippen molar-refractivity contribution in [2.24, 2.45) is 5.16 Å². The van der Waals surface area contributed by atoms with Crippen LogP contribution in [0, 0.1) is 0 Å². The Labute approximate surface area is 243 Å². The first-order valence-corrected chi connectivity index (χ1v) is 14.1. The van der Waals surface area contributed by atoms with Gasteiger partial charge >= 0.3 is 11.9 Å². The van der Waals surface area contributed by atoms with Crippen LogP contribution in [0.3, 0.4) is 0 Å². The second-order valence-electron chi connectivity index (χ2n) is 10.5.